The van der Waals surface area contributed by atoms with E-state index in [2.05, 4.69) is 16.4 Å². The maximum Gasteiger partial charge on any atom is 0.321 e. The third-order valence-electron chi connectivity index (χ3n) is 6.81. The number of fused-ring (bicyclic) bond motifs is 1. The molecule has 1 aromatic heterocycles. The van der Waals surface area contributed by atoms with Gasteiger partial charge in [-0.2, -0.15) is 0 Å². The number of aliphatic hydroxyl groups excluding tert-OH is 1. The summed E-state index contributed by atoms with van der Waals surface area (Å²) in [6.45, 7) is 4.13. The van der Waals surface area contributed by atoms with Crippen molar-refractivity contribution in [3.05, 3.63) is 59.5 Å². The minimum absolute atomic E-state index is 0.167. The van der Waals surface area contributed by atoms with Crippen molar-refractivity contribution < 1.29 is 23.8 Å². The fourth-order valence-electron chi connectivity index (χ4n) is 4.57. The molecule has 9 heteroatoms. The van der Waals surface area contributed by atoms with Crippen LogP contribution in [0.1, 0.15) is 49.0 Å². The normalized spacial score (nSPS) is 20.5. The molecule has 192 valence electrons. The smallest absolute Gasteiger partial charge is 0.321 e. The molecule has 1 aliphatic heterocycles. The van der Waals surface area contributed by atoms with Gasteiger partial charge in [0.25, 0.3) is 5.91 Å². The highest BCUT2D eigenvalue weighted by molar-refractivity contribution is 5.97. The Bertz CT molecular complexity index is 1150. The number of hydrogen-bond donors (Lipinski definition) is 2. The van der Waals surface area contributed by atoms with Crippen molar-refractivity contribution in [2.24, 2.45) is 5.92 Å². The molecular formula is C27H33FN4O4. The maximum atomic E-state index is 13.5. The lowest BCUT2D eigenvalue weighted by Crippen LogP contribution is -2.50. The van der Waals surface area contributed by atoms with E-state index in [4.69, 9.17) is 4.74 Å². The summed E-state index contributed by atoms with van der Waals surface area (Å²) in [4.78, 5) is 34.0. The average molecular weight is 497 g/mol. The number of anilines is 1. The monoisotopic (exact) mass is 496 g/mol. The Hall–Kier alpha value is -3.46. The highest BCUT2D eigenvalue weighted by atomic mass is 19.1. The fourth-order valence-corrected chi connectivity index (χ4v) is 4.57. The Balaban J connectivity index is 1.59. The Morgan fingerprint density at radius 3 is 2.89 bits per heavy atom. The Labute approximate surface area is 210 Å². The molecule has 0 bridgehead atoms. The first kappa shape index (κ1) is 25.6. The number of aliphatic hydroxyl groups is 1. The fraction of sp³-hybridized carbons (Fsp3) is 0.444. The van der Waals surface area contributed by atoms with Gasteiger partial charge in [-0.15, -0.1) is 0 Å². The number of amides is 3. The Morgan fingerprint density at radius 1 is 1.39 bits per heavy atom. The van der Waals surface area contributed by atoms with Gasteiger partial charge in [0, 0.05) is 31.4 Å². The maximum absolute atomic E-state index is 13.5. The first-order valence-corrected chi connectivity index (χ1v) is 12.3. The van der Waals surface area contributed by atoms with Gasteiger partial charge in [-0.1, -0.05) is 19.1 Å². The van der Waals surface area contributed by atoms with Gasteiger partial charge in [-0.25, -0.2) is 14.2 Å². The second kappa shape index (κ2) is 11.1. The largest absolute Gasteiger partial charge is 0.472 e. The third kappa shape index (κ3) is 5.67. The minimum atomic E-state index is -0.474. The van der Waals surface area contributed by atoms with E-state index in [0.29, 0.717) is 17.8 Å². The van der Waals surface area contributed by atoms with Crippen LogP contribution < -0.4 is 10.1 Å². The quantitative estimate of drug-likeness (QED) is 0.626. The van der Waals surface area contributed by atoms with E-state index >= 15 is 0 Å². The Morgan fingerprint density at radius 2 is 2.19 bits per heavy atom. The molecule has 1 aromatic carbocycles. The van der Waals surface area contributed by atoms with Crippen molar-refractivity contribution >= 4 is 23.2 Å². The minimum Gasteiger partial charge on any atom is -0.472 e. The van der Waals surface area contributed by atoms with Gasteiger partial charge in [-0.3, -0.25) is 4.79 Å². The van der Waals surface area contributed by atoms with E-state index < -0.39 is 24.0 Å². The van der Waals surface area contributed by atoms with Gasteiger partial charge >= 0.3 is 6.03 Å². The number of nitrogens with one attached hydrogen (secondary N) is 1. The number of carbonyl (C=O) groups excluding carboxylic acids is 2. The molecule has 0 saturated carbocycles. The van der Waals surface area contributed by atoms with Gasteiger partial charge in [0.15, 0.2) is 0 Å². The van der Waals surface area contributed by atoms with Crippen molar-refractivity contribution in [2.45, 2.75) is 45.3 Å². The van der Waals surface area contributed by atoms with Crippen LogP contribution in [0.3, 0.4) is 0 Å². The summed E-state index contributed by atoms with van der Waals surface area (Å²) in [5.74, 6) is -0.625. The van der Waals surface area contributed by atoms with Gasteiger partial charge in [-0.05, 0) is 61.6 Å². The zero-order valence-electron chi connectivity index (χ0n) is 20.9. The van der Waals surface area contributed by atoms with E-state index in [-0.39, 0.29) is 30.9 Å². The SMILES string of the molecule is C[C@H](CO)N1C[C@H](C)[C@@H](CN(C)C(=O)Nc2cccc(F)c2)Oc2ncc(C3=CCCC3)cc2C1=O. The first-order valence-electron chi connectivity index (χ1n) is 12.3. The number of nitrogens with zero attached hydrogens (tertiary/aromatic N) is 3. The standard InChI is InChI=1S/C27H33FN4O4/c1-17-14-32(18(2)16-33)26(34)23-11-20(19-7-4-5-8-19)13-29-25(23)36-24(17)15-31(3)27(35)30-22-10-6-9-21(28)12-22/h6-7,9-13,17-18,24,33H,4-5,8,14-16H2,1-3H3,(H,30,35)/t17-,18+,24+/m0/s1. The van der Waals surface area contributed by atoms with Crippen molar-refractivity contribution in [1.29, 1.82) is 0 Å². The second-order valence-electron chi connectivity index (χ2n) is 9.64. The van der Waals surface area contributed by atoms with E-state index in [9.17, 15) is 19.1 Å². The van der Waals surface area contributed by atoms with Crippen LogP contribution in [-0.2, 0) is 0 Å². The van der Waals surface area contributed by atoms with Crippen LogP contribution in [0, 0.1) is 11.7 Å². The highest BCUT2D eigenvalue weighted by Gasteiger charge is 2.35. The van der Waals surface area contributed by atoms with Crippen LogP contribution in [0.4, 0.5) is 14.9 Å². The molecule has 0 fully saturated rings. The number of aromatic nitrogens is 1. The summed E-state index contributed by atoms with van der Waals surface area (Å²) in [6.07, 6.45) is 6.45. The molecule has 4 rings (SSSR count). The molecule has 0 unspecified atom stereocenters. The first-order chi connectivity index (χ1) is 17.3. The van der Waals surface area contributed by atoms with E-state index in [1.165, 1.54) is 28.7 Å². The number of urea groups is 1. The van der Waals surface area contributed by atoms with E-state index in [1.807, 2.05) is 13.0 Å². The molecule has 36 heavy (non-hydrogen) atoms. The molecule has 2 aliphatic rings. The number of benzene rings is 1. The molecule has 2 aromatic rings. The summed E-state index contributed by atoms with van der Waals surface area (Å²) < 4.78 is 19.8. The summed E-state index contributed by atoms with van der Waals surface area (Å²) in [5, 5.41) is 12.5. The van der Waals surface area contributed by atoms with Crippen LogP contribution in [0.5, 0.6) is 5.88 Å². The number of likely N-dealkylation sites (N-methyl/N-ethyl adjacent to an activating group) is 1. The van der Waals surface area contributed by atoms with Crippen LogP contribution >= 0.6 is 0 Å². The molecule has 0 radical (unpaired) electrons. The summed E-state index contributed by atoms with van der Waals surface area (Å²) in [6, 6.07) is 6.72. The van der Waals surface area contributed by atoms with Gasteiger partial charge < -0.3 is 25.0 Å². The molecule has 1 aliphatic carbocycles. The molecular weight excluding hydrogens is 463 g/mol. The summed E-state index contributed by atoms with van der Waals surface area (Å²) >= 11 is 0. The third-order valence-corrected chi connectivity index (χ3v) is 6.81. The zero-order chi connectivity index (χ0) is 25.8. The van der Waals surface area contributed by atoms with Gasteiger partial charge in [0.1, 0.15) is 17.5 Å². The van der Waals surface area contributed by atoms with Crippen LogP contribution in [0.25, 0.3) is 5.57 Å². The lowest BCUT2D eigenvalue weighted by atomic mass is 9.99. The number of hydrogen-bond acceptors (Lipinski definition) is 5. The number of halogens is 1. The number of ether oxygens (including phenoxy) is 1. The highest BCUT2D eigenvalue weighted by Crippen LogP contribution is 2.32. The van der Waals surface area contributed by atoms with Crippen LogP contribution in [-0.4, -0.2) is 70.7 Å². The summed E-state index contributed by atoms with van der Waals surface area (Å²) in [5.41, 5.74) is 2.77. The second-order valence-corrected chi connectivity index (χ2v) is 9.64. The zero-order valence-corrected chi connectivity index (χ0v) is 20.9. The predicted octanol–water partition coefficient (Wildman–Crippen LogP) is 4.17. The van der Waals surface area contributed by atoms with Gasteiger partial charge in [0.2, 0.25) is 5.88 Å². The topological polar surface area (TPSA) is 95.0 Å². The van der Waals surface area contributed by atoms with E-state index in [1.54, 1.807) is 31.1 Å². The molecule has 2 N–H and O–H groups in total. The molecule has 8 nitrogen and oxygen atoms in total. The Kier molecular flexibility index (Phi) is 7.88. The molecule has 2 heterocycles. The lowest BCUT2D eigenvalue weighted by Gasteiger charge is -2.37. The van der Waals surface area contributed by atoms with E-state index in [0.717, 1.165) is 24.8 Å². The number of rotatable bonds is 6. The van der Waals surface area contributed by atoms with Crippen molar-refractivity contribution in [1.82, 2.24) is 14.8 Å². The van der Waals surface area contributed by atoms with Crippen LogP contribution in [0.15, 0.2) is 42.6 Å². The molecule has 0 saturated heterocycles. The summed E-state index contributed by atoms with van der Waals surface area (Å²) in [7, 11) is 1.63. The molecule has 3 amide bonds. The van der Waals surface area contributed by atoms with Crippen molar-refractivity contribution in [2.75, 3.05) is 32.1 Å². The lowest BCUT2D eigenvalue weighted by molar-refractivity contribution is 0.0356. The number of carbonyl (C=O) groups is 2. The predicted molar refractivity (Wildman–Crippen MR) is 135 cm³/mol. The van der Waals surface area contributed by atoms with Crippen LogP contribution in [0.2, 0.25) is 0 Å². The molecule has 3 atom stereocenters. The number of allylic oxidation sites excluding steroid dienone is 2. The van der Waals surface area contributed by atoms with Crippen molar-refractivity contribution in [3.63, 3.8) is 0 Å². The van der Waals surface area contributed by atoms with Crippen molar-refractivity contribution in [3.8, 4) is 5.88 Å². The molecule has 0 spiro atoms. The average Bonchev–Trinajstić information content (AvgIpc) is 3.40. The van der Waals surface area contributed by atoms with Gasteiger partial charge in [0.05, 0.1) is 19.2 Å². The number of pyridine rings is 1.